The zero-order chi connectivity index (χ0) is 7.28. The SMILES string of the molecule is CCC(C)C(=CF)CN. The van der Waals surface area contributed by atoms with Crippen LogP contribution in [0.4, 0.5) is 4.39 Å². The molecule has 0 aromatic carbocycles. The third-order valence-corrected chi connectivity index (χ3v) is 1.62. The van der Waals surface area contributed by atoms with E-state index in [1.165, 1.54) is 0 Å². The molecule has 1 atom stereocenters. The molecule has 0 spiro atoms. The number of rotatable bonds is 3. The maximum atomic E-state index is 11.9. The van der Waals surface area contributed by atoms with Crippen molar-refractivity contribution in [3.8, 4) is 0 Å². The Morgan fingerprint density at radius 3 is 2.44 bits per heavy atom. The number of hydrogen-bond donors (Lipinski definition) is 1. The monoisotopic (exact) mass is 131 g/mol. The van der Waals surface area contributed by atoms with Gasteiger partial charge < -0.3 is 5.73 Å². The molecular formula is C7H14FN. The van der Waals surface area contributed by atoms with E-state index in [0.717, 1.165) is 6.42 Å². The van der Waals surface area contributed by atoms with Crippen LogP contribution in [-0.4, -0.2) is 6.54 Å². The molecule has 0 saturated heterocycles. The van der Waals surface area contributed by atoms with Crippen molar-refractivity contribution < 1.29 is 4.39 Å². The van der Waals surface area contributed by atoms with E-state index in [-0.39, 0.29) is 0 Å². The van der Waals surface area contributed by atoms with Gasteiger partial charge in [0.2, 0.25) is 0 Å². The van der Waals surface area contributed by atoms with E-state index in [1.54, 1.807) is 0 Å². The van der Waals surface area contributed by atoms with Crippen molar-refractivity contribution in [2.75, 3.05) is 6.54 Å². The molecule has 9 heavy (non-hydrogen) atoms. The number of nitrogens with two attached hydrogens (primary N) is 1. The summed E-state index contributed by atoms with van der Waals surface area (Å²) in [4.78, 5) is 0. The molecule has 0 aromatic rings. The van der Waals surface area contributed by atoms with E-state index < -0.39 is 0 Å². The van der Waals surface area contributed by atoms with Gasteiger partial charge in [0.1, 0.15) is 0 Å². The van der Waals surface area contributed by atoms with Gasteiger partial charge in [-0.1, -0.05) is 13.8 Å². The van der Waals surface area contributed by atoms with E-state index in [2.05, 4.69) is 0 Å². The maximum Gasteiger partial charge on any atom is 0.0874 e. The number of hydrogen-bond acceptors (Lipinski definition) is 1. The van der Waals surface area contributed by atoms with Gasteiger partial charge in [-0.05, 0) is 17.9 Å². The van der Waals surface area contributed by atoms with Gasteiger partial charge in [-0.25, -0.2) is 4.39 Å². The summed E-state index contributed by atoms with van der Waals surface area (Å²) in [5.74, 6) is 0.292. The van der Waals surface area contributed by atoms with Crippen LogP contribution in [0.15, 0.2) is 11.9 Å². The van der Waals surface area contributed by atoms with Gasteiger partial charge in [0.25, 0.3) is 0 Å². The molecule has 0 aliphatic heterocycles. The van der Waals surface area contributed by atoms with Crippen LogP contribution in [0.5, 0.6) is 0 Å². The second kappa shape index (κ2) is 4.50. The molecule has 0 heterocycles. The predicted octanol–water partition coefficient (Wildman–Crippen LogP) is 1.84. The van der Waals surface area contributed by atoms with Crippen LogP contribution >= 0.6 is 0 Å². The fraction of sp³-hybridized carbons (Fsp3) is 0.714. The van der Waals surface area contributed by atoms with Crippen molar-refractivity contribution in [2.24, 2.45) is 11.7 Å². The first kappa shape index (κ1) is 8.63. The van der Waals surface area contributed by atoms with Gasteiger partial charge in [0.15, 0.2) is 0 Å². The van der Waals surface area contributed by atoms with E-state index in [0.29, 0.717) is 24.4 Å². The lowest BCUT2D eigenvalue weighted by atomic mass is 10.0. The first-order chi connectivity index (χ1) is 4.26. The van der Waals surface area contributed by atoms with Gasteiger partial charge in [-0.2, -0.15) is 0 Å². The highest BCUT2D eigenvalue weighted by Gasteiger charge is 2.02. The molecule has 0 bridgehead atoms. The highest BCUT2D eigenvalue weighted by molar-refractivity contribution is 5.02. The van der Waals surface area contributed by atoms with Crippen LogP contribution in [0.25, 0.3) is 0 Å². The highest BCUT2D eigenvalue weighted by Crippen LogP contribution is 2.12. The van der Waals surface area contributed by atoms with Crippen LogP contribution < -0.4 is 5.73 Å². The highest BCUT2D eigenvalue weighted by atomic mass is 19.1. The molecule has 2 N–H and O–H groups in total. The topological polar surface area (TPSA) is 26.0 Å². The van der Waals surface area contributed by atoms with E-state index in [1.807, 2.05) is 13.8 Å². The molecule has 0 saturated carbocycles. The Balaban J connectivity index is 3.80. The first-order valence-electron chi connectivity index (χ1n) is 3.25. The lowest BCUT2D eigenvalue weighted by molar-refractivity contribution is 0.603. The summed E-state index contributed by atoms with van der Waals surface area (Å²) in [6.45, 7) is 4.33. The predicted molar refractivity (Wildman–Crippen MR) is 37.7 cm³/mol. The van der Waals surface area contributed by atoms with Crippen molar-refractivity contribution in [3.63, 3.8) is 0 Å². The fourth-order valence-corrected chi connectivity index (χ4v) is 0.615. The third kappa shape index (κ3) is 2.61. The van der Waals surface area contributed by atoms with Crippen LogP contribution in [-0.2, 0) is 0 Å². The Kier molecular flexibility index (Phi) is 4.32. The van der Waals surface area contributed by atoms with Crippen LogP contribution in [0.2, 0.25) is 0 Å². The summed E-state index contributed by atoms with van der Waals surface area (Å²) in [6, 6.07) is 0. The van der Waals surface area contributed by atoms with Gasteiger partial charge in [-0.3, -0.25) is 0 Å². The van der Waals surface area contributed by atoms with Gasteiger partial charge in [0.05, 0.1) is 6.33 Å². The first-order valence-corrected chi connectivity index (χ1v) is 3.25. The quantitative estimate of drug-likeness (QED) is 0.621. The summed E-state index contributed by atoms with van der Waals surface area (Å²) >= 11 is 0. The van der Waals surface area contributed by atoms with Crippen molar-refractivity contribution in [2.45, 2.75) is 20.3 Å². The minimum atomic E-state index is 0.292. The molecule has 1 nitrogen and oxygen atoms in total. The Hall–Kier alpha value is -0.370. The summed E-state index contributed by atoms with van der Waals surface area (Å²) in [6.07, 6.45) is 1.57. The average Bonchev–Trinajstić information content (AvgIpc) is 1.90. The van der Waals surface area contributed by atoms with Crippen LogP contribution in [0.3, 0.4) is 0 Å². The largest absolute Gasteiger partial charge is 0.327 e. The molecule has 0 amide bonds. The minimum Gasteiger partial charge on any atom is -0.327 e. The summed E-state index contributed by atoms with van der Waals surface area (Å²) in [5, 5.41) is 0. The van der Waals surface area contributed by atoms with Gasteiger partial charge >= 0.3 is 0 Å². The van der Waals surface area contributed by atoms with Crippen molar-refractivity contribution in [1.29, 1.82) is 0 Å². The fourth-order valence-electron chi connectivity index (χ4n) is 0.615. The van der Waals surface area contributed by atoms with Crippen molar-refractivity contribution in [3.05, 3.63) is 11.9 Å². The Bertz CT molecular complexity index is 99.1. The van der Waals surface area contributed by atoms with E-state index >= 15 is 0 Å². The molecule has 0 aromatic heterocycles. The summed E-state index contributed by atoms with van der Waals surface area (Å²) in [7, 11) is 0. The average molecular weight is 131 g/mol. The Morgan fingerprint density at radius 1 is 1.78 bits per heavy atom. The second-order valence-corrected chi connectivity index (χ2v) is 2.20. The lowest BCUT2D eigenvalue weighted by Crippen LogP contribution is -2.09. The zero-order valence-corrected chi connectivity index (χ0v) is 6.02. The minimum absolute atomic E-state index is 0.292. The van der Waals surface area contributed by atoms with Gasteiger partial charge in [-0.15, -0.1) is 0 Å². The molecule has 0 fully saturated rings. The molecule has 0 rings (SSSR count). The van der Waals surface area contributed by atoms with Crippen molar-refractivity contribution >= 4 is 0 Å². The van der Waals surface area contributed by atoms with Crippen LogP contribution in [0, 0.1) is 5.92 Å². The van der Waals surface area contributed by atoms with E-state index in [4.69, 9.17) is 5.73 Å². The Morgan fingerprint density at radius 2 is 2.33 bits per heavy atom. The Labute approximate surface area is 55.7 Å². The van der Waals surface area contributed by atoms with Gasteiger partial charge in [0, 0.05) is 6.54 Å². The second-order valence-electron chi connectivity index (χ2n) is 2.20. The maximum absolute atomic E-state index is 11.9. The van der Waals surface area contributed by atoms with Crippen LogP contribution in [0.1, 0.15) is 20.3 Å². The number of halogens is 1. The normalized spacial score (nSPS) is 15.8. The van der Waals surface area contributed by atoms with E-state index in [9.17, 15) is 4.39 Å². The third-order valence-electron chi connectivity index (χ3n) is 1.62. The zero-order valence-electron chi connectivity index (χ0n) is 6.02. The molecular weight excluding hydrogens is 117 g/mol. The summed E-state index contributed by atoms with van der Waals surface area (Å²) in [5.41, 5.74) is 5.96. The smallest absolute Gasteiger partial charge is 0.0874 e. The molecule has 0 aliphatic rings. The standard InChI is InChI=1S/C7H14FN/c1-3-6(2)7(4-8)5-9/h4,6H,3,5,9H2,1-2H3. The molecule has 1 unspecified atom stereocenters. The lowest BCUT2D eigenvalue weighted by Gasteiger charge is -2.08. The van der Waals surface area contributed by atoms with Crippen molar-refractivity contribution in [1.82, 2.24) is 0 Å². The molecule has 2 heteroatoms. The summed E-state index contributed by atoms with van der Waals surface area (Å²) < 4.78 is 11.9. The molecule has 54 valence electrons. The molecule has 0 aliphatic carbocycles. The molecule has 0 radical (unpaired) electrons.